The van der Waals surface area contributed by atoms with E-state index in [0.29, 0.717) is 13.1 Å². The molecule has 0 aliphatic rings. The molecular formula is C9H18N4O2. The fraction of sp³-hybridized carbons (Fsp3) is 0.778. The molecule has 0 aromatic carbocycles. The molecule has 0 aliphatic heterocycles. The summed E-state index contributed by atoms with van der Waals surface area (Å²) in [6.07, 6.45) is 1.77. The van der Waals surface area contributed by atoms with Crippen LogP contribution in [0.4, 0.5) is 0 Å². The summed E-state index contributed by atoms with van der Waals surface area (Å²) in [5, 5.41) is 16.4. The van der Waals surface area contributed by atoms with Crippen molar-refractivity contribution >= 4 is 0 Å². The summed E-state index contributed by atoms with van der Waals surface area (Å²) in [4.78, 5) is 5.33. The van der Waals surface area contributed by atoms with Crippen molar-refractivity contribution in [1.29, 1.82) is 0 Å². The zero-order valence-electron chi connectivity index (χ0n) is 9.40. The molecule has 0 radical (unpaired) electrons. The summed E-state index contributed by atoms with van der Waals surface area (Å²) < 4.78 is 1.59. The Balaban J connectivity index is 2.31. The monoisotopic (exact) mass is 214 g/mol. The van der Waals surface area contributed by atoms with Crippen molar-refractivity contribution < 1.29 is 9.94 Å². The Bertz CT molecular complexity index is 293. The first-order valence-electron chi connectivity index (χ1n) is 4.92. The maximum Gasteiger partial charge on any atom is 0.0988 e. The second kappa shape index (κ2) is 5.20. The molecule has 0 fully saturated rings. The summed E-state index contributed by atoms with van der Waals surface area (Å²) in [6.45, 7) is 6.92. The van der Waals surface area contributed by atoms with Gasteiger partial charge in [-0.2, -0.15) is 5.48 Å². The van der Waals surface area contributed by atoms with Gasteiger partial charge in [-0.25, -0.2) is 4.68 Å². The van der Waals surface area contributed by atoms with Crippen LogP contribution in [0.1, 0.15) is 26.5 Å². The highest BCUT2D eigenvalue weighted by Crippen LogP contribution is 2.04. The van der Waals surface area contributed by atoms with Gasteiger partial charge in [-0.3, -0.25) is 4.84 Å². The molecule has 1 rings (SSSR count). The van der Waals surface area contributed by atoms with Crippen LogP contribution in [0.3, 0.4) is 0 Å². The van der Waals surface area contributed by atoms with Crippen molar-refractivity contribution in [3.05, 3.63) is 11.9 Å². The van der Waals surface area contributed by atoms with Gasteiger partial charge in [0.25, 0.3) is 0 Å². The van der Waals surface area contributed by atoms with Crippen LogP contribution in [0.5, 0.6) is 0 Å². The lowest BCUT2D eigenvalue weighted by atomic mass is 10.2. The van der Waals surface area contributed by atoms with Crippen LogP contribution >= 0.6 is 0 Å². The minimum absolute atomic E-state index is 0.0642. The maximum atomic E-state index is 8.68. The lowest BCUT2D eigenvalue weighted by Gasteiger charge is -2.18. The van der Waals surface area contributed by atoms with Crippen molar-refractivity contribution in [1.82, 2.24) is 20.5 Å². The van der Waals surface area contributed by atoms with Gasteiger partial charge in [0, 0.05) is 6.20 Å². The first kappa shape index (κ1) is 12.1. The standard InChI is InChI=1S/C9H18N4O2/c1-9(2,3)15-10-6-8-7-13(4-5-14)12-11-8/h7,10,14H,4-6H2,1-3H3. The Hall–Kier alpha value is -0.980. The number of aliphatic hydroxyl groups is 1. The predicted octanol–water partition coefficient (Wildman–Crippen LogP) is 0.0901. The molecule has 0 atom stereocenters. The first-order valence-corrected chi connectivity index (χ1v) is 4.92. The normalized spacial score (nSPS) is 12.0. The zero-order valence-corrected chi connectivity index (χ0v) is 9.40. The highest BCUT2D eigenvalue weighted by Gasteiger charge is 2.10. The number of hydroxylamine groups is 1. The van der Waals surface area contributed by atoms with Crippen LogP contribution in [-0.4, -0.2) is 32.3 Å². The number of aliphatic hydroxyl groups excluding tert-OH is 1. The lowest BCUT2D eigenvalue weighted by Crippen LogP contribution is -2.28. The Kier molecular flexibility index (Phi) is 4.19. The molecule has 0 spiro atoms. The molecule has 0 saturated carbocycles. The van der Waals surface area contributed by atoms with E-state index in [1.165, 1.54) is 0 Å². The van der Waals surface area contributed by atoms with Crippen LogP contribution < -0.4 is 5.48 Å². The SMILES string of the molecule is CC(C)(C)ONCc1cn(CCO)nn1. The molecule has 0 bridgehead atoms. The molecule has 6 nitrogen and oxygen atoms in total. The van der Waals surface area contributed by atoms with E-state index in [9.17, 15) is 0 Å². The van der Waals surface area contributed by atoms with E-state index in [2.05, 4.69) is 15.8 Å². The second-order valence-corrected chi connectivity index (χ2v) is 4.23. The zero-order chi connectivity index (χ0) is 11.3. The summed E-state index contributed by atoms with van der Waals surface area (Å²) >= 11 is 0. The van der Waals surface area contributed by atoms with E-state index in [1.54, 1.807) is 10.9 Å². The third-order valence-electron chi connectivity index (χ3n) is 1.55. The number of nitrogens with zero attached hydrogens (tertiary/aromatic N) is 3. The van der Waals surface area contributed by atoms with Gasteiger partial charge in [-0.05, 0) is 20.8 Å². The topological polar surface area (TPSA) is 72.2 Å². The third kappa shape index (κ3) is 4.87. The van der Waals surface area contributed by atoms with E-state index >= 15 is 0 Å². The molecule has 1 aromatic heterocycles. The van der Waals surface area contributed by atoms with Gasteiger partial charge in [0.2, 0.25) is 0 Å². The lowest BCUT2D eigenvalue weighted by molar-refractivity contribution is -0.0761. The van der Waals surface area contributed by atoms with Gasteiger partial charge in [0.1, 0.15) is 0 Å². The molecular weight excluding hydrogens is 196 g/mol. The summed E-state index contributed by atoms with van der Waals surface area (Å²) in [6, 6.07) is 0. The molecule has 1 heterocycles. The quantitative estimate of drug-likeness (QED) is 0.680. The van der Waals surface area contributed by atoms with Gasteiger partial charge in [-0.1, -0.05) is 5.21 Å². The second-order valence-electron chi connectivity index (χ2n) is 4.23. The summed E-state index contributed by atoms with van der Waals surface area (Å²) in [5.41, 5.74) is 3.38. The Morgan fingerprint density at radius 1 is 1.53 bits per heavy atom. The van der Waals surface area contributed by atoms with Crippen molar-refractivity contribution in [2.24, 2.45) is 0 Å². The molecule has 6 heteroatoms. The van der Waals surface area contributed by atoms with Crippen LogP contribution in [-0.2, 0) is 17.9 Å². The predicted molar refractivity (Wildman–Crippen MR) is 54.8 cm³/mol. The highest BCUT2D eigenvalue weighted by atomic mass is 16.7. The number of hydrogen-bond acceptors (Lipinski definition) is 5. The van der Waals surface area contributed by atoms with Crippen LogP contribution in [0.25, 0.3) is 0 Å². The fourth-order valence-electron chi connectivity index (χ4n) is 0.958. The van der Waals surface area contributed by atoms with E-state index in [0.717, 1.165) is 5.69 Å². The molecule has 0 amide bonds. The van der Waals surface area contributed by atoms with Crippen molar-refractivity contribution in [3.63, 3.8) is 0 Å². The van der Waals surface area contributed by atoms with Gasteiger partial charge in [-0.15, -0.1) is 5.10 Å². The molecule has 0 saturated heterocycles. The molecule has 0 unspecified atom stereocenters. The Morgan fingerprint density at radius 2 is 2.27 bits per heavy atom. The summed E-state index contributed by atoms with van der Waals surface area (Å²) in [5.74, 6) is 0. The van der Waals surface area contributed by atoms with Gasteiger partial charge < -0.3 is 5.11 Å². The van der Waals surface area contributed by atoms with Crippen LogP contribution in [0.15, 0.2) is 6.20 Å². The third-order valence-corrected chi connectivity index (χ3v) is 1.55. The smallest absolute Gasteiger partial charge is 0.0988 e. The van der Waals surface area contributed by atoms with Crippen molar-refractivity contribution in [2.75, 3.05) is 6.61 Å². The highest BCUT2D eigenvalue weighted by molar-refractivity contribution is 4.90. The van der Waals surface area contributed by atoms with Crippen LogP contribution in [0.2, 0.25) is 0 Å². The number of rotatable bonds is 5. The number of hydrogen-bond donors (Lipinski definition) is 2. The Morgan fingerprint density at radius 3 is 2.87 bits per heavy atom. The van der Waals surface area contributed by atoms with E-state index in [-0.39, 0.29) is 12.2 Å². The van der Waals surface area contributed by atoms with Gasteiger partial charge in [0.15, 0.2) is 0 Å². The number of nitrogens with one attached hydrogen (secondary N) is 1. The van der Waals surface area contributed by atoms with Gasteiger partial charge >= 0.3 is 0 Å². The summed E-state index contributed by atoms with van der Waals surface area (Å²) in [7, 11) is 0. The molecule has 86 valence electrons. The molecule has 0 aliphatic carbocycles. The number of aromatic nitrogens is 3. The van der Waals surface area contributed by atoms with E-state index < -0.39 is 0 Å². The van der Waals surface area contributed by atoms with Crippen molar-refractivity contribution in [2.45, 2.75) is 39.5 Å². The first-order chi connectivity index (χ1) is 7.01. The minimum Gasteiger partial charge on any atom is -0.394 e. The Labute approximate surface area is 89.2 Å². The molecule has 15 heavy (non-hydrogen) atoms. The average molecular weight is 214 g/mol. The minimum atomic E-state index is -0.221. The molecule has 2 N–H and O–H groups in total. The van der Waals surface area contributed by atoms with E-state index in [4.69, 9.17) is 9.94 Å². The average Bonchev–Trinajstić information content (AvgIpc) is 2.51. The van der Waals surface area contributed by atoms with Gasteiger partial charge in [0.05, 0.1) is 31.0 Å². The fourth-order valence-corrected chi connectivity index (χ4v) is 0.958. The largest absolute Gasteiger partial charge is 0.394 e. The van der Waals surface area contributed by atoms with Crippen LogP contribution in [0, 0.1) is 0 Å². The van der Waals surface area contributed by atoms with E-state index in [1.807, 2.05) is 20.8 Å². The van der Waals surface area contributed by atoms with Crippen molar-refractivity contribution in [3.8, 4) is 0 Å². The molecule has 1 aromatic rings. The maximum absolute atomic E-state index is 8.68.